The summed E-state index contributed by atoms with van der Waals surface area (Å²) in [5, 5.41) is 17.4. The number of nitrogens with zero attached hydrogens (tertiary/aromatic N) is 2. The predicted octanol–water partition coefficient (Wildman–Crippen LogP) is 3.82. The molecule has 1 unspecified atom stereocenters. The molecule has 0 bridgehead atoms. The van der Waals surface area contributed by atoms with Crippen LogP contribution in [0.1, 0.15) is 45.1 Å². The summed E-state index contributed by atoms with van der Waals surface area (Å²) in [6.07, 6.45) is 0.0361. The summed E-state index contributed by atoms with van der Waals surface area (Å²) >= 11 is 0. The number of hydrogen-bond acceptors (Lipinski definition) is 5. The molecule has 7 heteroatoms. The number of phenolic OH excluding ortho intramolecular Hbond substituents is 1. The SMILES string of the molecule is COc1cc(C(=O)C2CC(=O)Nc3c2c(C)nn3-c2cc(C)cc(C)c2)ccc1O. The Hall–Kier alpha value is -3.61. The zero-order valence-corrected chi connectivity index (χ0v) is 17.3. The largest absolute Gasteiger partial charge is 0.504 e. The number of methoxy groups -OCH3 is 1. The van der Waals surface area contributed by atoms with Crippen molar-refractivity contribution < 1.29 is 19.4 Å². The van der Waals surface area contributed by atoms with E-state index < -0.39 is 5.92 Å². The molecule has 3 aromatic rings. The minimum atomic E-state index is -0.664. The first kappa shape index (κ1) is 19.7. The molecule has 0 radical (unpaired) electrons. The highest BCUT2D eigenvalue weighted by Gasteiger charge is 2.36. The number of aryl methyl sites for hydroxylation is 3. The molecule has 1 aliphatic rings. The average Bonchev–Trinajstić information content (AvgIpc) is 3.03. The van der Waals surface area contributed by atoms with E-state index in [1.54, 1.807) is 4.68 Å². The quantitative estimate of drug-likeness (QED) is 0.644. The van der Waals surface area contributed by atoms with E-state index >= 15 is 0 Å². The lowest BCUT2D eigenvalue weighted by atomic mass is 9.85. The van der Waals surface area contributed by atoms with Crippen molar-refractivity contribution in [3.05, 3.63) is 64.3 Å². The summed E-state index contributed by atoms with van der Waals surface area (Å²) in [5.41, 5.74) is 4.76. The maximum atomic E-state index is 13.3. The van der Waals surface area contributed by atoms with Crippen molar-refractivity contribution in [2.75, 3.05) is 12.4 Å². The summed E-state index contributed by atoms with van der Waals surface area (Å²) in [6, 6.07) is 10.5. The van der Waals surface area contributed by atoms with Crippen LogP contribution in [-0.2, 0) is 4.79 Å². The van der Waals surface area contributed by atoms with Crippen molar-refractivity contribution in [3.8, 4) is 17.2 Å². The molecule has 1 amide bonds. The fraction of sp³-hybridized carbons (Fsp3) is 0.261. The van der Waals surface area contributed by atoms with Gasteiger partial charge in [-0.1, -0.05) is 6.07 Å². The molecule has 0 saturated heterocycles. The van der Waals surface area contributed by atoms with Crippen LogP contribution in [0.5, 0.6) is 11.5 Å². The van der Waals surface area contributed by atoms with Crippen molar-refractivity contribution in [1.82, 2.24) is 9.78 Å². The predicted molar refractivity (Wildman–Crippen MR) is 113 cm³/mol. The Morgan fingerprint density at radius 3 is 2.53 bits per heavy atom. The third-order valence-electron chi connectivity index (χ3n) is 5.33. The van der Waals surface area contributed by atoms with Crippen molar-refractivity contribution in [3.63, 3.8) is 0 Å². The number of ketones is 1. The second-order valence-corrected chi connectivity index (χ2v) is 7.66. The van der Waals surface area contributed by atoms with Gasteiger partial charge in [-0.2, -0.15) is 5.10 Å². The summed E-state index contributed by atoms with van der Waals surface area (Å²) in [4.78, 5) is 25.8. The molecule has 2 N–H and O–H groups in total. The lowest BCUT2D eigenvalue weighted by Crippen LogP contribution is -2.28. The van der Waals surface area contributed by atoms with Gasteiger partial charge in [-0.3, -0.25) is 9.59 Å². The molecule has 0 spiro atoms. The van der Waals surface area contributed by atoms with Crippen LogP contribution in [0.4, 0.5) is 5.82 Å². The lowest BCUT2D eigenvalue weighted by molar-refractivity contribution is -0.116. The van der Waals surface area contributed by atoms with Crippen LogP contribution in [-0.4, -0.2) is 33.7 Å². The first-order valence-electron chi connectivity index (χ1n) is 9.67. The number of phenols is 1. The number of ether oxygens (including phenoxy) is 1. The van der Waals surface area contributed by atoms with E-state index in [0.717, 1.165) is 16.8 Å². The van der Waals surface area contributed by atoms with E-state index in [9.17, 15) is 14.7 Å². The van der Waals surface area contributed by atoms with Crippen LogP contribution in [0, 0.1) is 20.8 Å². The monoisotopic (exact) mass is 405 g/mol. The van der Waals surface area contributed by atoms with E-state index in [-0.39, 0.29) is 29.6 Å². The molecule has 2 heterocycles. The molecular weight excluding hydrogens is 382 g/mol. The second kappa shape index (κ2) is 7.33. The Labute approximate surface area is 174 Å². The molecule has 30 heavy (non-hydrogen) atoms. The Morgan fingerprint density at radius 2 is 1.87 bits per heavy atom. The molecule has 1 atom stereocenters. The first-order valence-corrected chi connectivity index (χ1v) is 9.67. The number of fused-ring (bicyclic) bond motifs is 1. The topological polar surface area (TPSA) is 93.5 Å². The summed E-state index contributed by atoms with van der Waals surface area (Å²) in [5.74, 6) is -0.427. The number of amides is 1. The molecule has 7 nitrogen and oxygen atoms in total. The van der Waals surface area contributed by atoms with Gasteiger partial charge in [-0.05, 0) is 62.2 Å². The number of carbonyl (C=O) groups excluding carboxylic acids is 2. The molecule has 2 aromatic carbocycles. The Kier molecular flexibility index (Phi) is 4.81. The van der Waals surface area contributed by atoms with Crippen LogP contribution in [0.15, 0.2) is 36.4 Å². The maximum Gasteiger partial charge on any atom is 0.226 e. The Balaban J connectivity index is 1.82. The van der Waals surface area contributed by atoms with E-state index in [2.05, 4.69) is 16.5 Å². The van der Waals surface area contributed by atoms with Gasteiger partial charge in [0.15, 0.2) is 17.3 Å². The van der Waals surface area contributed by atoms with E-state index in [4.69, 9.17) is 4.74 Å². The molecular formula is C23H23N3O4. The number of nitrogens with one attached hydrogen (secondary N) is 1. The molecule has 0 fully saturated rings. The normalized spacial score (nSPS) is 15.5. The molecule has 4 rings (SSSR count). The van der Waals surface area contributed by atoms with Crippen LogP contribution >= 0.6 is 0 Å². The first-order chi connectivity index (χ1) is 14.3. The average molecular weight is 405 g/mol. The molecule has 1 aliphatic heterocycles. The van der Waals surface area contributed by atoms with Crippen LogP contribution in [0.2, 0.25) is 0 Å². The Bertz CT molecular complexity index is 1160. The zero-order chi connectivity index (χ0) is 21.6. The minimum absolute atomic E-state index is 0.0361. The van der Waals surface area contributed by atoms with E-state index in [0.29, 0.717) is 22.6 Å². The zero-order valence-electron chi connectivity index (χ0n) is 17.3. The second-order valence-electron chi connectivity index (χ2n) is 7.66. The smallest absolute Gasteiger partial charge is 0.226 e. The van der Waals surface area contributed by atoms with Gasteiger partial charge in [-0.15, -0.1) is 0 Å². The van der Waals surface area contributed by atoms with Gasteiger partial charge in [0, 0.05) is 17.5 Å². The van der Waals surface area contributed by atoms with Crippen molar-refractivity contribution in [2.24, 2.45) is 0 Å². The van der Waals surface area contributed by atoms with E-state index in [1.807, 2.05) is 32.9 Å². The number of Topliss-reactive ketones (excluding diaryl/α,β-unsaturated/α-hetero) is 1. The third-order valence-corrected chi connectivity index (χ3v) is 5.33. The summed E-state index contributed by atoms with van der Waals surface area (Å²) in [7, 11) is 1.42. The molecule has 154 valence electrons. The number of benzene rings is 2. The number of aromatic nitrogens is 2. The fourth-order valence-corrected chi connectivity index (χ4v) is 4.06. The molecule has 1 aromatic heterocycles. The number of aromatic hydroxyl groups is 1. The highest BCUT2D eigenvalue weighted by atomic mass is 16.5. The number of carbonyl (C=O) groups is 2. The van der Waals surface area contributed by atoms with Gasteiger partial charge in [0.2, 0.25) is 5.91 Å². The fourth-order valence-electron chi connectivity index (χ4n) is 4.06. The minimum Gasteiger partial charge on any atom is -0.504 e. The van der Waals surface area contributed by atoms with Gasteiger partial charge in [-0.25, -0.2) is 4.68 Å². The standard InChI is InChI=1S/C23H23N3O4/c1-12-7-13(2)9-16(8-12)26-23-21(14(3)25-26)17(11-20(28)24-23)22(29)15-5-6-18(27)19(10-15)30-4/h5-10,17,27H,11H2,1-4H3,(H,24,28). The van der Waals surface area contributed by atoms with E-state index in [1.165, 1.54) is 25.3 Å². The van der Waals surface area contributed by atoms with Crippen molar-refractivity contribution in [1.29, 1.82) is 0 Å². The van der Waals surface area contributed by atoms with Gasteiger partial charge < -0.3 is 15.2 Å². The highest BCUT2D eigenvalue weighted by Crippen LogP contribution is 2.39. The van der Waals surface area contributed by atoms with Gasteiger partial charge in [0.25, 0.3) is 0 Å². The third kappa shape index (κ3) is 3.32. The Morgan fingerprint density at radius 1 is 1.17 bits per heavy atom. The molecule has 0 aliphatic carbocycles. The van der Waals surface area contributed by atoms with Crippen LogP contribution in [0.25, 0.3) is 5.69 Å². The highest BCUT2D eigenvalue weighted by molar-refractivity contribution is 6.08. The maximum absolute atomic E-state index is 13.3. The van der Waals surface area contributed by atoms with Crippen LogP contribution in [0.3, 0.4) is 0 Å². The number of hydrogen-bond donors (Lipinski definition) is 2. The number of anilines is 1. The van der Waals surface area contributed by atoms with Gasteiger partial charge in [0.05, 0.1) is 24.4 Å². The summed E-state index contributed by atoms with van der Waals surface area (Å²) in [6.45, 7) is 5.85. The van der Waals surface area contributed by atoms with Crippen LogP contribution < -0.4 is 10.1 Å². The number of rotatable bonds is 4. The summed E-state index contributed by atoms with van der Waals surface area (Å²) < 4.78 is 6.82. The lowest BCUT2D eigenvalue weighted by Gasteiger charge is -2.23. The van der Waals surface area contributed by atoms with Crippen molar-refractivity contribution in [2.45, 2.75) is 33.1 Å². The van der Waals surface area contributed by atoms with Gasteiger partial charge >= 0.3 is 0 Å². The van der Waals surface area contributed by atoms with Crippen molar-refractivity contribution >= 4 is 17.5 Å². The molecule has 0 saturated carbocycles. The van der Waals surface area contributed by atoms with Gasteiger partial charge in [0.1, 0.15) is 5.82 Å².